The molecule has 4 aromatic heterocycles. The van der Waals surface area contributed by atoms with Gasteiger partial charge in [-0.25, -0.2) is 24.3 Å². The molecule has 8 heterocycles. The highest BCUT2D eigenvalue weighted by Gasteiger charge is 2.25. The van der Waals surface area contributed by atoms with Gasteiger partial charge in [0, 0.05) is 147 Å². The smallest absolute Gasteiger partial charge is 0.260 e. The first-order valence-electron chi connectivity index (χ1n) is 42.4. The number of hydrogen-bond donors (Lipinski definition) is 11. The van der Waals surface area contributed by atoms with Crippen LogP contribution in [0.1, 0.15) is 137 Å². The predicted octanol–water partition coefficient (Wildman–Crippen LogP) is 21.5. The van der Waals surface area contributed by atoms with Gasteiger partial charge < -0.3 is 71.0 Å². The van der Waals surface area contributed by atoms with Crippen LogP contribution < -0.4 is 51.4 Å². The molecule has 674 valence electrons. The molecule has 0 bridgehead atoms. The van der Waals surface area contributed by atoms with E-state index < -0.39 is 11.7 Å². The number of anilines is 7. The van der Waals surface area contributed by atoms with E-state index in [9.17, 15) is 23.6 Å². The lowest BCUT2D eigenvalue weighted by Gasteiger charge is -2.19. The molecule has 4 aliphatic rings. The Kier molecular flexibility index (Phi) is 33.9. The van der Waals surface area contributed by atoms with Crippen molar-refractivity contribution in [3.63, 3.8) is 0 Å². The number of nitrogens with zero attached hydrogens (tertiary/aromatic N) is 8. The third-order valence-electron chi connectivity index (χ3n) is 21.7. The van der Waals surface area contributed by atoms with Gasteiger partial charge in [-0.15, -0.1) is 0 Å². The summed E-state index contributed by atoms with van der Waals surface area (Å²) >= 11 is 35.8. The minimum absolute atomic E-state index is 0.175. The van der Waals surface area contributed by atoms with E-state index in [0.29, 0.717) is 147 Å². The topological polar surface area (TPSA) is 340 Å². The number of pyridine rings is 4. The standard InChI is InChI=1S/C25H25Cl2N5O2.C25H26ClN5O2.C24H22Cl2N4O2.C24H23ClFN5O/c1-34-21-13-19(27)12-20(25(33)31-22-9-8-18(26)15-29-22)23(21)30-14-16-4-6-17(7-5-16)24(28)32-10-2-3-11-32;1-33-20-9-10-22(21(14-20)25(32)30-23-11-8-19(26)16-29-23)28-15-17-4-6-18(7-5-17)24(27)31-12-2-3-13-31;25-18-7-9-21(20(13-18)24(31)29-22-10-8-19(26)14-28-22)32-15-16-3-5-17(6-4-16)23(27)30-11-1-2-12-30;25-18-7-10-22(29-15-18)30-24(32)20-13-19(26)8-9-21(20)28-14-16-3-5-17(6-4-16)23(27)31-11-1-2-12-31/h4-9,12-13,15,28,30H,2-3,10-11,14H2,1H3,(H,29,31,33);4-11,14,16,27-28H,2-3,12-13,15H2,1H3,(H,29,30,32);3-10,13-14,27H,1-2,11-12,15H2,(H,28,29,31);3-10,13,15,27-28H,1-2,11-12,14H2,(H,29,30,32). The van der Waals surface area contributed by atoms with Crippen molar-refractivity contribution in [1.29, 1.82) is 21.6 Å². The molecule has 0 spiro atoms. The van der Waals surface area contributed by atoms with E-state index in [2.05, 4.69) is 76.8 Å². The van der Waals surface area contributed by atoms with E-state index in [0.717, 1.165) is 148 Å². The Bertz CT molecular complexity index is 5810. The van der Waals surface area contributed by atoms with Crippen LogP contribution in [-0.2, 0) is 26.2 Å². The van der Waals surface area contributed by atoms with Crippen LogP contribution >= 0.6 is 69.6 Å². The second-order valence-electron chi connectivity index (χ2n) is 30.8. The van der Waals surface area contributed by atoms with Crippen molar-refractivity contribution in [3.8, 4) is 17.2 Å². The number of aromatic nitrogens is 4. The van der Waals surface area contributed by atoms with E-state index in [1.807, 2.05) is 103 Å². The van der Waals surface area contributed by atoms with E-state index in [1.54, 1.807) is 98.1 Å². The number of nitrogens with one attached hydrogen (secondary N) is 11. The van der Waals surface area contributed by atoms with Gasteiger partial charge in [0.1, 0.15) is 76.3 Å². The maximum absolute atomic E-state index is 13.8. The molecule has 4 amide bonds. The van der Waals surface area contributed by atoms with Gasteiger partial charge in [0.2, 0.25) is 0 Å². The van der Waals surface area contributed by atoms with Gasteiger partial charge in [0.05, 0.1) is 62.3 Å². The quantitative estimate of drug-likeness (QED) is 0.0177. The van der Waals surface area contributed by atoms with Gasteiger partial charge in [-0.1, -0.05) is 167 Å². The Morgan fingerprint density at radius 2 is 0.664 bits per heavy atom. The summed E-state index contributed by atoms with van der Waals surface area (Å²) in [4.78, 5) is 76.2. The Morgan fingerprint density at radius 3 is 1.02 bits per heavy atom. The average molecular weight is 1880 g/mol. The number of amides is 4. The van der Waals surface area contributed by atoms with Crippen LogP contribution in [0.5, 0.6) is 17.2 Å². The summed E-state index contributed by atoms with van der Waals surface area (Å²) in [6.45, 7) is 9.24. The number of ether oxygens (including phenoxy) is 3. The average Bonchev–Trinajstić information content (AvgIpc) is 1.01. The predicted molar refractivity (Wildman–Crippen MR) is 520 cm³/mol. The zero-order chi connectivity index (χ0) is 92.3. The lowest BCUT2D eigenvalue weighted by Crippen LogP contribution is -2.27. The van der Waals surface area contributed by atoms with E-state index in [4.69, 9.17) is 105 Å². The Morgan fingerprint density at radius 1 is 0.336 bits per heavy atom. The summed E-state index contributed by atoms with van der Waals surface area (Å²) in [7, 11) is 3.09. The van der Waals surface area contributed by atoms with Crippen LogP contribution in [0.4, 0.5) is 44.7 Å². The maximum atomic E-state index is 13.8. The van der Waals surface area contributed by atoms with Gasteiger partial charge in [-0.2, -0.15) is 0 Å². The van der Waals surface area contributed by atoms with Gasteiger partial charge in [0.25, 0.3) is 23.6 Å². The lowest BCUT2D eigenvalue weighted by atomic mass is 10.1. The summed E-state index contributed by atoms with van der Waals surface area (Å²) in [6.07, 6.45) is 14.9. The summed E-state index contributed by atoms with van der Waals surface area (Å²) in [6, 6.07) is 61.9. The zero-order valence-electron chi connectivity index (χ0n) is 71.7. The lowest BCUT2D eigenvalue weighted by molar-refractivity contribution is 0.101. The fraction of sp³-hybridized carbons (Fsp3) is 0.224. The molecular formula is C98H96Cl6FN19O7. The normalized spacial score (nSPS) is 13.0. The molecule has 8 aromatic carbocycles. The Hall–Kier alpha value is -13.4. The monoisotopic (exact) mass is 1880 g/mol. The molecule has 33 heteroatoms. The first-order valence-corrected chi connectivity index (χ1v) is 44.7. The van der Waals surface area contributed by atoms with Crippen molar-refractivity contribution >= 4 is 157 Å². The third-order valence-corrected chi connectivity index (χ3v) is 23.1. The second-order valence-corrected chi connectivity index (χ2v) is 33.5. The van der Waals surface area contributed by atoms with Crippen molar-refractivity contribution in [2.24, 2.45) is 0 Å². The van der Waals surface area contributed by atoms with E-state index in [1.165, 1.54) is 50.1 Å². The maximum Gasteiger partial charge on any atom is 0.260 e. The molecule has 0 unspecified atom stereocenters. The molecule has 16 rings (SSSR count). The van der Waals surface area contributed by atoms with Crippen LogP contribution in [0.2, 0.25) is 30.1 Å². The van der Waals surface area contributed by atoms with Crippen LogP contribution in [0, 0.1) is 27.5 Å². The number of likely N-dealkylation sites (tertiary alicyclic amines) is 4. The summed E-state index contributed by atoms with van der Waals surface area (Å²) < 4.78 is 30.6. The Labute approximate surface area is 788 Å². The Balaban J connectivity index is 0.000000149. The number of rotatable bonds is 26. The molecule has 26 nitrogen and oxygen atoms in total. The first-order chi connectivity index (χ1) is 63.5. The van der Waals surface area contributed by atoms with Crippen LogP contribution in [0.25, 0.3) is 0 Å². The highest BCUT2D eigenvalue weighted by Crippen LogP contribution is 2.35. The highest BCUT2D eigenvalue weighted by atomic mass is 35.5. The van der Waals surface area contributed by atoms with Crippen molar-refractivity contribution in [3.05, 3.63) is 340 Å². The van der Waals surface area contributed by atoms with E-state index in [-0.39, 0.29) is 29.9 Å². The summed E-state index contributed by atoms with van der Waals surface area (Å²) in [5, 5.41) is 57.0. The second kappa shape index (κ2) is 46.7. The minimum Gasteiger partial charge on any atom is -0.497 e. The third kappa shape index (κ3) is 27.1. The van der Waals surface area contributed by atoms with Crippen molar-refractivity contribution in [2.75, 3.05) is 104 Å². The zero-order valence-corrected chi connectivity index (χ0v) is 76.3. The van der Waals surface area contributed by atoms with Gasteiger partial charge in [-0.3, -0.25) is 40.8 Å². The van der Waals surface area contributed by atoms with Crippen molar-refractivity contribution in [1.82, 2.24) is 39.5 Å². The molecule has 4 aliphatic heterocycles. The van der Waals surface area contributed by atoms with Gasteiger partial charge >= 0.3 is 0 Å². The van der Waals surface area contributed by atoms with Crippen molar-refractivity contribution in [2.45, 2.75) is 77.6 Å². The molecule has 11 N–H and O–H groups in total. The van der Waals surface area contributed by atoms with Gasteiger partial charge in [0.15, 0.2) is 0 Å². The molecular weight excluding hydrogens is 1790 g/mol. The molecule has 4 fully saturated rings. The number of methoxy groups -OCH3 is 2. The fourth-order valence-corrected chi connectivity index (χ4v) is 15.5. The first kappa shape index (κ1) is 95.2. The molecule has 0 radical (unpaired) electrons. The minimum atomic E-state index is -0.505. The number of hydrogen-bond acceptors (Lipinski definition) is 18. The number of benzene rings is 8. The molecule has 0 atom stereocenters. The number of halogens is 7. The molecule has 0 aliphatic carbocycles. The summed E-state index contributed by atoms with van der Waals surface area (Å²) in [5.74, 6) is 3.13. The number of carbonyl (C=O) groups is 4. The highest BCUT2D eigenvalue weighted by molar-refractivity contribution is 6.33. The fourth-order valence-electron chi connectivity index (χ4n) is 14.6. The van der Waals surface area contributed by atoms with E-state index >= 15 is 0 Å². The molecule has 131 heavy (non-hydrogen) atoms. The molecule has 12 aromatic rings. The van der Waals surface area contributed by atoms with Crippen LogP contribution in [-0.4, -0.2) is 153 Å². The largest absolute Gasteiger partial charge is 0.497 e. The summed E-state index contributed by atoms with van der Waals surface area (Å²) in [5.41, 5.74) is 10.5. The van der Waals surface area contributed by atoms with Crippen LogP contribution in [0.3, 0.4) is 0 Å². The molecule has 0 saturated carbocycles. The van der Waals surface area contributed by atoms with Crippen molar-refractivity contribution < 1.29 is 37.8 Å². The number of carbonyl (C=O) groups excluding carboxylic acids is 4. The SMILES string of the molecule is COc1cc(Cl)cc(C(=O)Nc2ccc(Cl)cn2)c1NCc1ccc(C(=N)N2CCCC2)cc1.COc1ccc(NCc2ccc(C(=N)N3CCCC3)cc2)c(C(=O)Nc2ccc(Cl)cn2)c1.N=C(c1ccc(CNc2ccc(F)cc2C(=O)Nc2ccc(Cl)cn2)cc1)N1CCCC1.N=C(c1ccc(COc2ccc(Cl)cc2C(=O)Nc2ccc(Cl)cn2)cc1)N1CCCC1. The van der Waals surface area contributed by atoms with Crippen LogP contribution in [0.15, 0.2) is 237 Å². The van der Waals surface area contributed by atoms with Gasteiger partial charge in [-0.05, 0) is 183 Å². The molecule has 4 saturated heterocycles. The number of amidine groups is 4.